The number of aliphatic carboxylic acids is 1. The highest BCUT2D eigenvalue weighted by Crippen LogP contribution is 2.26. The van der Waals surface area contributed by atoms with Crippen molar-refractivity contribution in [2.45, 2.75) is 13.0 Å². The van der Waals surface area contributed by atoms with E-state index in [4.69, 9.17) is 5.11 Å². The van der Waals surface area contributed by atoms with Gasteiger partial charge in [0, 0.05) is 24.7 Å². The summed E-state index contributed by atoms with van der Waals surface area (Å²) in [7, 11) is 0. The third-order valence-electron chi connectivity index (χ3n) is 3.41. The quantitative estimate of drug-likeness (QED) is 0.500. The fraction of sp³-hybridized carbons (Fsp3) is 0.176. The van der Waals surface area contributed by atoms with Crippen LogP contribution >= 0.6 is 0 Å². The molecule has 2 rings (SSSR count). The zero-order valence-electron chi connectivity index (χ0n) is 13.3. The summed E-state index contributed by atoms with van der Waals surface area (Å²) in [5.74, 6) is -1.59. The topological polar surface area (TPSA) is 122 Å². The molecule has 0 radical (unpaired) electrons. The number of nitro benzene ring substituents is 1. The van der Waals surface area contributed by atoms with Gasteiger partial charge in [-0.15, -0.1) is 0 Å². The fourth-order valence-corrected chi connectivity index (χ4v) is 2.15. The van der Waals surface area contributed by atoms with Crippen LogP contribution in [0.3, 0.4) is 0 Å². The Morgan fingerprint density at radius 1 is 1.12 bits per heavy atom. The molecular formula is C17H17N3O5. The largest absolute Gasteiger partial charge is 0.481 e. The number of benzene rings is 2. The number of nitrogens with one attached hydrogen (secondary N) is 2. The van der Waals surface area contributed by atoms with E-state index in [0.29, 0.717) is 12.2 Å². The summed E-state index contributed by atoms with van der Waals surface area (Å²) in [5.41, 5.74) is 1.15. The van der Waals surface area contributed by atoms with Crippen molar-refractivity contribution in [1.29, 1.82) is 0 Å². The van der Waals surface area contributed by atoms with Gasteiger partial charge >= 0.3 is 5.97 Å². The second kappa shape index (κ2) is 8.44. The van der Waals surface area contributed by atoms with E-state index in [-0.39, 0.29) is 24.2 Å². The minimum atomic E-state index is -1.04. The van der Waals surface area contributed by atoms with Gasteiger partial charge in [-0.25, -0.2) is 0 Å². The van der Waals surface area contributed by atoms with Crippen molar-refractivity contribution in [2.24, 2.45) is 0 Å². The Labute approximate surface area is 143 Å². The van der Waals surface area contributed by atoms with Gasteiger partial charge in [-0.1, -0.05) is 30.3 Å². The molecule has 0 aliphatic heterocycles. The van der Waals surface area contributed by atoms with Gasteiger partial charge in [0.25, 0.3) is 11.6 Å². The molecule has 0 unspecified atom stereocenters. The van der Waals surface area contributed by atoms with Crippen LogP contribution in [0.5, 0.6) is 0 Å². The van der Waals surface area contributed by atoms with Crippen molar-refractivity contribution in [2.75, 3.05) is 11.9 Å². The average molecular weight is 343 g/mol. The third kappa shape index (κ3) is 5.31. The highest BCUT2D eigenvalue weighted by atomic mass is 16.6. The molecule has 0 fully saturated rings. The van der Waals surface area contributed by atoms with E-state index in [0.717, 1.165) is 5.56 Å². The summed E-state index contributed by atoms with van der Waals surface area (Å²) in [6.45, 7) is 0.363. The number of carbonyl (C=O) groups is 2. The maximum atomic E-state index is 11.9. The van der Waals surface area contributed by atoms with Crippen LogP contribution in [0.1, 0.15) is 22.3 Å². The number of nitrogens with zero attached hydrogens (tertiary/aromatic N) is 1. The van der Waals surface area contributed by atoms with Gasteiger partial charge in [0.05, 0.1) is 11.3 Å². The van der Waals surface area contributed by atoms with Gasteiger partial charge in [-0.3, -0.25) is 19.7 Å². The maximum absolute atomic E-state index is 11.9. The fourth-order valence-electron chi connectivity index (χ4n) is 2.15. The Morgan fingerprint density at radius 2 is 1.84 bits per heavy atom. The first-order chi connectivity index (χ1) is 12.0. The predicted molar refractivity (Wildman–Crippen MR) is 91.5 cm³/mol. The molecule has 2 aromatic rings. The van der Waals surface area contributed by atoms with Gasteiger partial charge in [0.15, 0.2) is 0 Å². The number of rotatable bonds is 8. The van der Waals surface area contributed by atoms with E-state index in [1.807, 2.05) is 30.3 Å². The normalized spacial score (nSPS) is 10.1. The molecule has 0 aliphatic carbocycles. The van der Waals surface area contributed by atoms with Crippen molar-refractivity contribution >= 4 is 23.3 Å². The van der Waals surface area contributed by atoms with Crippen molar-refractivity contribution in [1.82, 2.24) is 5.32 Å². The molecule has 0 atom stereocenters. The SMILES string of the molecule is O=C(O)CCNC(=O)c1ccc(NCc2ccccc2)c([N+](=O)[O-])c1. The lowest BCUT2D eigenvalue weighted by Gasteiger charge is -2.09. The highest BCUT2D eigenvalue weighted by molar-refractivity contribution is 5.95. The smallest absolute Gasteiger partial charge is 0.305 e. The molecule has 0 heterocycles. The van der Waals surface area contributed by atoms with Gasteiger partial charge in [-0.05, 0) is 17.7 Å². The monoisotopic (exact) mass is 343 g/mol. The molecular weight excluding hydrogens is 326 g/mol. The zero-order valence-corrected chi connectivity index (χ0v) is 13.3. The highest BCUT2D eigenvalue weighted by Gasteiger charge is 2.17. The van der Waals surface area contributed by atoms with Crippen molar-refractivity contribution < 1.29 is 19.6 Å². The van der Waals surface area contributed by atoms with Gasteiger partial charge in [0.2, 0.25) is 0 Å². The Hall–Kier alpha value is -3.42. The first-order valence-corrected chi connectivity index (χ1v) is 7.53. The first-order valence-electron chi connectivity index (χ1n) is 7.53. The molecule has 8 heteroatoms. The summed E-state index contributed by atoms with van der Waals surface area (Å²) in [6, 6.07) is 13.5. The number of amides is 1. The molecule has 1 amide bonds. The Bertz CT molecular complexity index is 777. The molecule has 0 aliphatic rings. The molecule has 2 aromatic carbocycles. The molecule has 0 saturated heterocycles. The van der Waals surface area contributed by atoms with Crippen LogP contribution in [0.4, 0.5) is 11.4 Å². The van der Waals surface area contributed by atoms with Crippen molar-refractivity contribution in [3.8, 4) is 0 Å². The van der Waals surface area contributed by atoms with Crippen LogP contribution in [0.2, 0.25) is 0 Å². The van der Waals surface area contributed by atoms with Crippen LogP contribution in [0.15, 0.2) is 48.5 Å². The maximum Gasteiger partial charge on any atom is 0.305 e. The van der Waals surface area contributed by atoms with Crippen LogP contribution in [-0.4, -0.2) is 28.5 Å². The lowest BCUT2D eigenvalue weighted by Crippen LogP contribution is -2.26. The second-order valence-corrected chi connectivity index (χ2v) is 5.23. The van der Waals surface area contributed by atoms with E-state index in [1.165, 1.54) is 18.2 Å². The predicted octanol–water partition coefficient (Wildman–Crippen LogP) is 2.41. The Kier molecular flexibility index (Phi) is 6.05. The van der Waals surface area contributed by atoms with Gasteiger partial charge < -0.3 is 15.7 Å². The molecule has 0 bridgehead atoms. The number of hydrogen-bond donors (Lipinski definition) is 3. The van der Waals surface area contributed by atoms with Crippen molar-refractivity contribution in [3.63, 3.8) is 0 Å². The molecule has 0 saturated carbocycles. The number of anilines is 1. The summed E-state index contributed by atoms with van der Waals surface area (Å²) in [6.07, 6.45) is -0.218. The van der Waals surface area contributed by atoms with Crippen LogP contribution in [0.25, 0.3) is 0 Å². The van der Waals surface area contributed by atoms with Crippen LogP contribution in [0, 0.1) is 10.1 Å². The van der Waals surface area contributed by atoms with Gasteiger partial charge in [0.1, 0.15) is 5.69 Å². The average Bonchev–Trinajstić information content (AvgIpc) is 2.60. The van der Waals surface area contributed by atoms with E-state index in [2.05, 4.69) is 10.6 Å². The molecule has 3 N–H and O–H groups in total. The van der Waals surface area contributed by atoms with Crippen LogP contribution in [-0.2, 0) is 11.3 Å². The Morgan fingerprint density at radius 3 is 2.48 bits per heavy atom. The number of nitro groups is 1. The van der Waals surface area contributed by atoms with Crippen LogP contribution < -0.4 is 10.6 Å². The first kappa shape index (κ1) is 17.9. The minimum Gasteiger partial charge on any atom is -0.481 e. The molecule has 130 valence electrons. The van der Waals surface area contributed by atoms with E-state index in [1.54, 1.807) is 0 Å². The van der Waals surface area contributed by atoms with Crippen molar-refractivity contribution in [3.05, 3.63) is 69.8 Å². The van der Waals surface area contributed by atoms with E-state index < -0.39 is 16.8 Å². The number of hydrogen-bond acceptors (Lipinski definition) is 5. The summed E-state index contributed by atoms with van der Waals surface area (Å²) >= 11 is 0. The molecule has 0 spiro atoms. The lowest BCUT2D eigenvalue weighted by atomic mass is 10.1. The molecule has 0 aromatic heterocycles. The van der Waals surface area contributed by atoms with E-state index >= 15 is 0 Å². The zero-order chi connectivity index (χ0) is 18.2. The molecule has 8 nitrogen and oxygen atoms in total. The third-order valence-corrected chi connectivity index (χ3v) is 3.41. The minimum absolute atomic E-state index is 0.0457. The number of carboxylic acids is 1. The van der Waals surface area contributed by atoms with E-state index in [9.17, 15) is 19.7 Å². The standard InChI is InChI=1S/C17H17N3O5/c21-16(22)8-9-18-17(23)13-6-7-14(15(10-13)20(24)25)19-11-12-4-2-1-3-5-12/h1-7,10,19H,8-9,11H2,(H,18,23)(H,21,22). The Balaban J connectivity index is 2.10. The molecule has 25 heavy (non-hydrogen) atoms. The number of carboxylic acid groups (broad SMARTS) is 1. The summed E-state index contributed by atoms with van der Waals surface area (Å²) in [4.78, 5) is 33.1. The summed E-state index contributed by atoms with van der Waals surface area (Å²) in [5, 5.41) is 25.2. The number of carbonyl (C=O) groups excluding carboxylic acids is 1. The van der Waals surface area contributed by atoms with Gasteiger partial charge in [-0.2, -0.15) is 0 Å². The lowest BCUT2D eigenvalue weighted by molar-refractivity contribution is -0.384. The summed E-state index contributed by atoms with van der Waals surface area (Å²) < 4.78 is 0. The second-order valence-electron chi connectivity index (χ2n) is 5.23.